The van der Waals surface area contributed by atoms with Gasteiger partial charge in [-0.25, -0.2) is 4.39 Å². The Labute approximate surface area is 176 Å². The number of Topliss-reactive ketones (excluding diaryl/α,β-unsaturated/α-hetero) is 1. The molecule has 1 N–H and O–H groups in total. The van der Waals surface area contributed by atoms with Crippen molar-refractivity contribution in [2.24, 2.45) is 0 Å². The summed E-state index contributed by atoms with van der Waals surface area (Å²) in [7, 11) is 0. The first-order valence-corrected chi connectivity index (χ1v) is 10.2. The second-order valence-corrected chi connectivity index (χ2v) is 8.67. The fourth-order valence-corrected chi connectivity index (χ4v) is 4.61. The van der Waals surface area contributed by atoms with Crippen LogP contribution in [0.2, 0.25) is 5.02 Å². The molecule has 0 fully saturated rings. The Bertz CT molecular complexity index is 1110. The van der Waals surface area contributed by atoms with Gasteiger partial charge in [-0.15, -0.1) is 11.3 Å². The van der Waals surface area contributed by atoms with Crippen LogP contribution < -0.4 is 4.90 Å². The van der Waals surface area contributed by atoms with Crippen molar-refractivity contribution in [2.75, 3.05) is 4.90 Å². The molecule has 1 aliphatic rings. The van der Waals surface area contributed by atoms with E-state index in [0.717, 1.165) is 4.88 Å². The number of hydrogen-bond acceptors (Lipinski definition) is 4. The van der Waals surface area contributed by atoms with Crippen molar-refractivity contribution in [1.29, 1.82) is 0 Å². The lowest BCUT2D eigenvalue weighted by molar-refractivity contribution is -0.136. The molecule has 148 valence electrons. The highest BCUT2D eigenvalue weighted by atomic mass is 35.5. The summed E-state index contributed by atoms with van der Waals surface area (Å²) in [6.45, 7) is 1.74. The first-order valence-electron chi connectivity index (χ1n) is 8.97. The topological polar surface area (TPSA) is 57.6 Å². The van der Waals surface area contributed by atoms with Crippen molar-refractivity contribution < 1.29 is 19.1 Å². The lowest BCUT2D eigenvalue weighted by Crippen LogP contribution is -2.41. The van der Waals surface area contributed by atoms with Gasteiger partial charge in [-0.1, -0.05) is 35.9 Å². The zero-order chi connectivity index (χ0) is 20.8. The van der Waals surface area contributed by atoms with Crippen LogP contribution in [0.3, 0.4) is 0 Å². The Balaban J connectivity index is 1.71. The molecule has 0 unspecified atom stereocenters. The summed E-state index contributed by atoms with van der Waals surface area (Å²) in [5.74, 6) is -1.53. The fraction of sp³-hybridized carbons (Fsp3) is 0.182. The lowest BCUT2D eigenvalue weighted by atomic mass is 9.89. The molecular weight excluding hydrogens is 413 g/mol. The molecule has 4 rings (SSSR count). The maximum atomic E-state index is 14.3. The van der Waals surface area contributed by atoms with Crippen LogP contribution in [0.1, 0.15) is 32.1 Å². The van der Waals surface area contributed by atoms with Crippen molar-refractivity contribution in [3.05, 3.63) is 86.3 Å². The summed E-state index contributed by atoms with van der Waals surface area (Å²) >= 11 is 7.44. The van der Waals surface area contributed by atoms with E-state index in [1.165, 1.54) is 28.4 Å². The first-order chi connectivity index (χ1) is 13.8. The van der Waals surface area contributed by atoms with Crippen molar-refractivity contribution in [1.82, 2.24) is 0 Å². The number of rotatable bonds is 5. The smallest absolute Gasteiger partial charge is 0.264 e. The molecule has 7 heteroatoms. The lowest BCUT2D eigenvalue weighted by Gasteiger charge is -2.23. The second-order valence-electron chi connectivity index (χ2n) is 6.98. The average Bonchev–Trinajstić information content (AvgIpc) is 3.21. The normalized spacial score (nSPS) is 18.2. The zero-order valence-corrected chi connectivity index (χ0v) is 17.1. The van der Waals surface area contributed by atoms with Crippen molar-refractivity contribution in [2.45, 2.75) is 25.5 Å². The van der Waals surface area contributed by atoms with Crippen molar-refractivity contribution >= 4 is 40.3 Å². The molecule has 0 saturated carbocycles. The molecule has 1 aliphatic heterocycles. The molecule has 1 atom stereocenters. The number of anilines is 1. The molecule has 1 aromatic heterocycles. The van der Waals surface area contributed by atoms with E-state index in [1.807, 2.05) is 13.0 Å². The third-order valence-electron chi connectivity index (χ3n) is 5.05. The summed E-state index contributed by atoms with van der Waals surface area (Å²) < 4.78 is 14.3. The quantitative estimate of drug-likeness (QED) is 0.589. The number of thiophene rings is 1. The van der Waals surface area contributed by atoms with Crippen LogP contribution in [0, 0.1) is 12.7 Å². The highest BCUT2D eigenvalue weighted by Crippen LogP contribution is 2.44. The minimum absolute atomic E-state index is 0.143. The number of para-hydroxylation sites is 1. The fourth-order valence-electron chi connectivity index (χ4n) is 3.58. The standard InChI is InChI=1S/C22H17ClFNO3S/c1-13-9-10-20(29-13)19(26)11-22(28)15-5-2-3-8-18(15)25(21(22)27)12-14-16(23)6-4-7-17(14)24/h2-10,28H,11-12H2,1H3/t22-/m1/s1. The molecule has 0 bridgehead atoms. The second kappa shape index (κ2) is 7.37. The van der Waals surface area contributed by atoms with Crippen molar-refractivity contribution in [3.8, 4) is 0 Å². The maximum absolute atomic E-state index is 14.3. The molecule has 0 aliphatic carbocycles. The Hall–Kier alpha value is -2.54. The maximum Gasteiger partial charge on any atom is 0.264 e. The molecule has 0 saturated heterocycles. The van der Waals surface area contributed by atoms with E-state index in [2.05, 4.69) is 0 Å². The number of benzene rings is 2. The Morgan fingerprint density at radius 3 is 2.62 bits per heavy atom. The van der Waals surface area contributed by atoms with Crippen LogP contribution >= 0.6 is 22.9 Å². The third kappa shape index (κ3) is 3.37. The molecule has 3 aromatic rings. The van der Waals surface area contributed by atoms with Crippen LogP contribution in [-0.4, -0.2) is 16.8 Å². The number of carbonyl (C=O) groups is 2. The first kappa shape index (κ1) is 19.8. The zero-order valence-electron chi connectivity index (χ0n) is 15.5. The van der Waals surface area contributed by atoms with E-state index in [9.17, 15) is 19.1 Å². The van der Waals surface area contributed by atoms with Crippen molar-refractivity contribution in [3.63, 3.8) is 0 Å². The van der Waals surface area contributed by atoms with Crippen LogP contribution in [0.25, 0.3) is 0 Å². The third-order valence-corrected chi connectivity index (χ3v) is 6.44. The molecule has 2 heterocycles. The van der Waals surface area contributed by atoms with E-state index in [4.69, 9.17) is 11.6 Å². The highest BCUT2D eigenvalue weighted by molar-refractivity contribution is 7.14. The van der Waals surface area contributed by atoms with E-state index >= 15 is 0 Å². The SMILES string of the molecule is Cc1ccc(C(=O)C[C@]2(O)C(=O)N(Cc3c(F)cccc3Cl)c3ccccc32)s1. The molecular formula is C22H17ClFNO3S. The molecule has 0 radical (unpaired) electrons. The average molecular weight is 430 g/mol. The van der Waals surface area contributed by atoms with Crippen LogP contribution in [0.5, 0.6) is 0 Å². The minimum Gasteiger partial charge on any atom is -0.375 e. The van der Waals surface area contributed by atoms with E-state index in [-0.39, 0.29) is 29.3 Å². The number of nitrogens with zero attached hydrogens (tertiary/aromatic N) is 1. The molecule has 2 aromatic carbocycles. The van der Waals surface area contributed by atoms with Gasteiger partial charge in [0.15, 0.2) is 11.4 Å². The number of ketones is 1. The molecule has 1 amide bonds. The van der Waals surface area contributed by atoms with E-state index in [1.54, 1.807) is 36.4 Å². The Morgan fingerprint density at radius 2 is 1.93 bits per heavy atom. The number of carbonyl (C=O) groups excluding carboxylic acids is 2. The summed E-state index contributed by atoms with van der Waals surface area (Å²) in [6.07, 6.45) is -0.385. The van der Waals surface area contributed by atoms with Gasteiger partial charge in [-0.05, 0) is 37.3 Å². The highest BCUT2D eigenvalue weighted by Gasteiger charge is 2.51. The van der Waals surface area contributed by atoms with Crippen LogP contribution in [-0.2, 0) is 16.9 Å². The summed E-state index contributed by atoms with van der Waals surface area (Å²) in [4.78, 5) is 28.7. The molecule has 0 spiro atoms. The van der Waals surface area contributed by atoms with Gasteiger partial charge in [0.25, 0.3) is 5.91 Å². The van der Waals surface area contributed by atoms with Gasteiger partial charge in [0.2, 0.25) is 0 Å². The van der Waals surface area contributed by atoms with Gasteiger partial charge < -0.3 is 10.0 Å². The van der Waals surface area contributed by atoms with Gasteiger partial charge in [-0.3, -0.25) is 9.59 Å². The summed E-state index contributed by atoms with van der Waals surface area (Å²) in [6, 6.07) is 14.5. The van der Waals surface area contributed by atoms with Crippen LogP contribution in [0.4, 0.5) is 10.1 Å². The molecule has 4 nitrogen and oxygen atoms in total. The number of aryl methyl sites for hydroxylation is 1. The predicted octanol–water partition coefficient (Wildman–Crippen LogP) is 4.86. The van der Waals surface area contributed by atoms with Gasteiger partial charge in [-0.2, -0.15) is 0 Å². The number of aliphatic hydroxyl groups is 1. The monoisotopic (exact) mass is 429 g/mol. The summed E-state index contributed by atoms with van der Waals surface area (Å²) in [5, 5.41) is 11.5. The van der Waals surface area contributed by atoms with Gasteiger partial charge in [0, 0.05) is 21.0 Å². The van der Waals surface area contributed by atoms with Gasteiger partial charge in [0.1, 0.15) is 5.82 Å². The van der Waals surface area contributed by atoms with Gasteiger partial charge >= 0.3 is 0 Å². The number of amides is 1. The number of halogens is 2. The van der Waals surface area contributed by atoms with E-state index < -0.39 is 17.3 Å². The Morgan fingerprint density at radius 1 is 1.17 bits per heavy atom. The largest absolute Gasteiger partial charge is 0.375 e. The summed E-state index contributed by atoms with van der Waals surface area (Å²) in [5.41, 5.74) is -1.08. The van der Waals surface area contributed by atoms with E-state index in [0.29, 0.717) is 16.1 Å². The number of hydrogen-bond donors (Lipinski definition) is 1. The predicted molar refractivity (Wildman–Crippen MR) is 111 cm³/mol. The Kier molecular flexibility index (Phi) is 5.02. The van der Waals surface area contributed by atoms with Crippen LogP contribution in [0.15, 0.2) is 54.6 Å². The molecule has 29 heavy (non-hydrogen) atoms. The number of fused-ring (bicyclic) bond motifs is 1. The van der Waals surface area contributed by atoms with Gasteiger partial charge in [0.05, 0.1) is 23.5 Å². The minimum atomic E-state index is -2.01.